The lowest BCUT2D eigenvalue weighted by molar-refractivity contribution is 0.0596. The highest BCUT2D eigenvalue weighted by atomic mass is 79.9. The lowest BCUT2D eigenvalue weighted by atomic mass is 9.96. The number of hydrogen-bond donors (Lipinski definition) is 3. The molecule has 1 aromatic carbocycles. The molecule has 29 heavy (non-hydrogen) atoms. The van der Waals surface area contributed by atoms with Crippen LogP contribution in [0.3, 0.4) is 0 Å². The van der Waals surface area contributed by atoms with Gasteiger partial charge < -0.3 is 19.7 Å². The van der Waals surface area contributed by atoms with Crippen molar-refractivity contribution in [1.29, 1.82) is 0 Å². The SMILES string of the molecule is COC(=O)c1[nH]cc(-c2c[nH]c3c2=CC(Br)CC=3)c1-c1c[nH]c2ccc(Br)cc12. The molecule has 0 spiro atoms. The third kappa shape index (κ3) is 3.00. The second kappa shape index (κ2) is 7.07. The van der Waals surface area contributed by atoms with Crippen molar-refractivity contribution in [3.8, 4) is 22.3 Å². The number of ether oxygens (including phenoxy) is 1. The number of aromatic nitrogens is 3. The van der Waals surface area contributed by atoms with Crippen LogP contribution in [0.25, 0.3) is 45.3 Å². The van der Waals surface area contributed by atoms with Crippen LogP contribution >= 0.6 is 31.9 Å². The van der Waals surface area contributed by atoms with Gasteiger partial charge in [-0.25, -0.2) is 4.79 Å². The van der Waals surface area contributed by atoms with Gasteiger partial charge in [0.1, 0.15) is 5.69 Å². The molecule has 146 valence electrons. The first-order chi connectivity index (χ1) is 14.1. The molecule has 0 aliphatic heterocycles. The number of aromatic amines is 3. The van der Waals surface area contributed by atoms with Crippen molar-refractivity contribution < 1.29 is 9.53 Å². The van der Waals surface area contributed by atoms with E-state index in [9.17, 15) is 4.79 Å². The maximum absolute atomic E-state index is 12.6. The fourth-order valence-electron chi connectivity index (χ4n) is 3.98. The molecule has 0 saturated heterocycles. The minimum atomic E-state index is -0.395. The fourth-order valence-corrected chi connectivity index (χ4v) is 4.79. The molecule has 1 atom stereocenters. The van der Waals surface area contributed by atoms with E-state index in [0.29, 0.717) is 5.69 Å². The number of rotatable bonds is 3. The molecule has 3 aromatic heterocycles. The molecule has 0 saturated carbocycles. The number of carbonyl (C=O) groups is 1. The molecule has 1 aliphatic rings. The Bertz CT molecular complexity index is 1380. The average Bonchev–Trinajstić information content (AvgIpc) is 3.42. The van der Waals surface area contributed by atoms with Crippen LogP contribution < -0.4 is 10.6 Å². The number of nitrogens with one attached hydrogen (secondary N) is 3. The maximum atomic E-state index is 12.6. The van der Waals surface area contributed by atoms with Crippen LogP contribution in [-0.4, -0.2) is 32.9 Å². The Labute approximate surface area is 183 Å². The maximum Gasteiger partial charge on any atom is 0.355 e. The Kier molecular flexibility index (Phi) is 4.52. The largest absolute Gasteiger partial charge is 0.464 e. The third-order valence-corrected chi connectivity index (χ3v) is 6.45. The Morgan fingerprint density at radius 3 is 2.72 bits per heavy atom. The van der Waals surface area contributed by atoms with E-state index in [0.717, 1.165) is 54.6 Å². The number of hydrogen-bond acceptors (Lipinski definition) is 2. The molecule has 0 fully saturated rings. The summed E-state index contributed by atoms with van der Waals surface area (Å²) in [5.74, 6) is -0.395. The van der Waals surface area contributed by atoms with E-state index < -0.39 is 5.97 Å². The number of carbonyl (C=O) groups excluding carboxylic acids is 1. The highest BCUT2D eigenvalue weighted by Gasteiger charge is 2.24. The van der Waals surface area contributed by atoms with Crippen molar-refractivity contribution >= 4 is 60.9 Å². The van der Waals surface area contributed by atoms with E-state index in [1.165, 1.54) is 7.11 Å². The van der Waals surface area contributed by atoms with Crippen LogP contribution in [0.4, 0.5) is 0 Å². The van der Waals surface area contributed by atoms with Crippen molar-refractivity contribution in [3.63, 3.8) is 0 Å². The Balaban J connectivity index is 1.83. The van der Waals surface area contributed by atoms with Crippen molar-refractivity contribution in [1.82, 2.24) is 15.0 Å². The normalized spacial score (nSPS) is 15.6. The summed E-state index contributed by atoms with van der Waals surface area (Å²) in [4.78, 5) is 22.7. The predicted molar refractivity (Wildman–Crippen MR) is 122 cm³/mol. The van der Waals surface area contributed by atoms with E-state index in [-0.39, 0.29) is 4.83 Å². The lowest BCUT2D eigenvalue weighted by Gasteiger charge is -2.08. The first kappa shape index (κ1) is 18.5. The zero-order valence-corrected chi connectivity index (χ0v) is 18.6. The molecule has 0 radical (unpaired) electrons. The minimum Gasteiger partial charge on any atom is -0.464 e. The first-order valence-corrected chi connectivity index (χ1v) is 10.9. The molecule has 1 aliphatic carbocycles. The molecule has 0 bridgehead atoms. The van der Waals surface area contributed by atoms with Gasteiger partial charge in [-0.2, -0.15) is 0 Å². The van der Waals surface area contributed by atoms with Gasteiger partial charge in [-0.3, -0.25) is 0 Å². The van der Waals surface area contributed by atoms with E-state index in [2.05, 4.69) is 65.0 Å². The van der Waals surface area contributed by atoms with Gasteiger partial charge in [-0.15, -0.1) is 0 Å². The lowest BCUT2D eigenvalue weighted by Crippen LogP contribution is -2.28. The van der Waals surface area contributed by atoms with E-state index >= 15 is 0 Å². The summed E-state index contributed by atoms with van der Waals surface area (Å²) in [7, 11) is 1.40. The summed E-state index contributed by atoms with van der Waals surface area (Å²) in [6.07, 6.45) is 11.2. The van der Waals surface area contributed by atoms with Crippen LogP contribution in [0.5, 0.6) is 0 Å². The van der Waals surface area contributed by atoms with Gasteiger partial charge in [-0.1, -0.05) is 44.0 Å². The first-order valence-electron chi connectivity index (χ1n) is 9.17. The second-order valence-corrected chi connectivity index (χ2v) is 9.08. The highest BCUT2D eigenvalue weighted by Crippen LogP contribution is 2.39. The summed E-state index contributed by atoms with van der Waals surface area (Å²) in [6, 6.07) is 6.06. The number of benzene rings is 1. The van der Waals surface area contributed by atoms with Crippen LogP contribution in [0.2, 0.25) is 0 Å². The van der Waals surface area contributed by atoms with Crippen LogP contribution in [0.1, 0.15) is 16.9 Å². The molecular formula is C22H17Br2N3O2. The van der Waals surface area contributed by atoms with Crippen LogP contribution in [0.15, 0.2) is 41.3 Å². The van der Waals surface area contributed by atoms with Crippen LogP contribution in [0, 0.1) is 0 Å². The highest BCUT2D eigenvalue weighted by molar-refractivity contribution is 9.10. The van der Waals surface area contributed by atoms with Crippen molar-refractivity contribution in [2.45, 2.75) is 11.2 Å². The van der Waals surface area contributed by atoms with E-state index in [4.69, 9.17) is 4.74 Å². The van der Waals surface area contributed by atoms with Gasteiger partial charge in [0, 0.05) is 71.6 Å². The topological polar surface area (TPSA) is 73.7 Å². The zero-order valence-electron chi connectivity index (χ0n) is 15.5. The van der Waals surface area contributed by atoms with Gasteiger partial charge >= 0.3 is 5.97 Å². The summed E-state index contributed by atoms with van der Waals surface area (Å²) in [5, 5.41) is 3.27. The average molecular weight is 515 g/mol. The predicted octanol–water partition coefficient (Wildman–Crippen LogP) is 4.44. The zero-order chi connectivity index (χ0) is 20.1. The summed E-state index contributed by atoms with van der Waals surface area (Å²) < 4.78 is 6.03. The van der Waals surface area contributed by atoms with Crippen molar-refractivity contribution in [3.05, 3.63) is 57.5 Å². The smallest absolute Gasteiger partial charge is 0.355 e. The van der Waals surface area contributed by atoms with Gasteiger partial charge in [0.05, 0.1) is 7.11 Å². The van der Waals surface area contributed by atoms with Crippen molar-refractivity contribution in [2.24, 2.45) is 0 Å². The number of esters is 1. The molecular weight excluding hydrogens is 498 g/mol. The minimum absolute atomic E-state index is 0.288. The van der Waals surface area contributed by atoms with Crippen LogP contribution in [-0.2, 0) is 4.74 Å². The Morgan fingerprint density at radius 2 is 1.90 bits per heavy atom. The summed E-state index contributed by atoms with van der Waals surface area (Å²) in [5.41, 5.74) is 5.22. The van der Waals surface area contributed by atoms with Crippen molar-refractivity contribution in [2.75, 3.05) is 7.11 Å². The van der Waals surface area contributed by atoms with Gasteiger partial charge in [0.25, 0.3) is 0 Å². The van der Waals surface area contributed by atoms with E-state index in [1.807, 2.05) is 30.7 Å². The fraction of sp³-hybridized carbons (Fsp3) is 0.136. The quantitative estimate of drug-likeness (QED) is 0.279. The second-order valence-electron chi connectivity index (χ2n) is 6.99. The number of fused-ring (bicyclic) bond motifs is 2. The molecule has 0 amide bonds. The Hall–Kier alpha value is -2.51. The molecule has 1 unspecified atom stereocenters. The summed E-state index contributed by atoms with van der Waals surface area (Å²) >= 11 is 7.25. The van der Waals surface area contributed by atoms with E-state index in [1.54, 1.807) is 0 Å². The molecule has 3 N–H and O–H groups in total. The Morgan fingerprint density at radius 1 is 1.10 bits per heavy atom. The standard InChI is InChI=1S/C22H17Br2N3O2/c1-29-22(28)21-20(16-9-26-19-5-3-12(24)7-14(16)19)17(10-27-21)15-8-25-18-4-2-11(23)6-13(15)18/h3-11,25-27H,2H2,1H3. The molecule has 3 heterocycles. The number of methoxy groups -OCH3 is 1. The molecule has 4 aromatic rings. The molecule has 5 nitrogen and oxygen atoms in total. The van der Waals surface area contributed by atoms with Gasteiger partial charge in [-0.05, 0) is 24.6 Å². The third-order valence-electron chi connectivity index (χ3n) is 5.32. The van der Waals surface area contributed by atoms with Gasteiger partial charge in [0.2, 0.25) is 0 Å². The summed E-state index contributed by atoms with van der Waals surface area (Å²) in [6.45, 7) is 0. The monoisotopic (exact) mass is 513 g/mol. The van der Waals surface area contributed by atoms with Gasteiger partial charge in [0.15, 0.2) is 0 Å². The number of H-pyrrole nitrogens is 3. The molecule has 5 rings (SSSR count). The number of halogens is 2. The molecule has 7 heteroatoms. The number of alkyl halides is 1.